The molecule has 20 heavy (non-hydrogen) atoms. The van der Waals surface area contributed by atoms with Crippen LogP contribution in [0.5, 0.6) is 0 Å². The molecule has 1 atom stereocenters. The van der Waals surface area contributed by atoms with Crippen molar-refractivity contribution in [1.82, 2.24) is 4.98 Å². The predicted molar refractivity (Wildman–Crippen MR) is 80.8 cm³/mol. The van der Waals surface area contributed by atoms with Gasteiger partial charge in [0.2, 0.25) is 0 Å². The Bertz CT molecular complexity index is 697. The highest BCUT2D eigenvalue weighted by atomic mass is 35.5. The van der Waals surface area contributed by atoms with E-state index in [9.17, 15) is 4.79 Å². The molecular weight excluding hydrogens is 293 g/mol. The van der Waals surface area contributed by atoms with Crippen LogP contribution in [-0.2, 0) is 6.42 Å². The van der Waals surface area contributed by atoms with Gasteiger partial charge in [-0.25, -0.2) is 0 Å². The van der Waals surface area contributed by atoms with Crippen LogP contribution in [0.1, 0.15) is 39.5 Å². The number of fused-ring (bicyclic) bond motifs is 1. The number of aromatic nitrogens is 1. The molecule has 0 bridgehead atoms. The molecule has 0 N–H and O–H groups in total. The van der Waals surface area contributed by atoms with Crippen molar-refractivity contribution in [1.29, 1.82) is 0 Å². The predicted octanol–water partition coefficient (Wildman–Crippen LogP) is 4.61. The Labute approximate surface area is 127 Å². The van der Waals surface area contributed by atoms with Crippen molar-refractivity contribution >= 4 is 29.0 Å². The average molecular weight is 306 g/mol. The van der Waals surface area contributed by atoms with Crippen LogP contribution in [0.4, 0.5) is 0 Å². The third-order valence-corrected chi connectivity index (χ3v) is 4.37. The van der Waals surface area contributed by atoms with E-state index >= 15 is 0 Å². The summed E-state index contributed by atoms with van der Waals surface area (Å²) in [7, 11) is 0. The van der Waals surface area contributed by atoms with Gasteiger partial charge in [-0.1, -0.05) is 23.2 Å². The molecule has 0 saturated carbocycles. The van der Waals surface area contributed by atoms with Gasteiger partial charge in [0.1, 0.15) is 0 Å². The number of Topliss-reactive ketones (excluding diaryl/α,β-unsaturated/α-hetero) is 1. The standard InChI is InChI=1S/C16H13Cl2NO/c1-9-4-5-19-14-6-10(7-15(20)16(9)14)12-8-11(17)2-3-13(12)18/h2-5,8,10H,6-7H2,1H3/t10-/m0/s1. The third-order valence-electron chi connectivity index (χ3n) is 3.79. The van der Waals surface area contributed by atoms with Crippen LogP contribution in [0.25, 0.3) is 0 Å². The minimum absolute atomic E-state index is 0.0514. The first-order valence-corrected chi connectivity index (χ1v) is 7.24. The quantitative estimate of drug-likeness (QED) is 0.770. The molecule has 0 amide bonds. The van der Waals surface area contributed by atoms with Crippen LogP contribution in [0.2, 0.25) is 10.0 Å². The number of pyridine rings is 1. The van der Waals surface area contributed by atoms with Crippen molar-refractivity contribution in [2.24, 2.45) is 0 Å². The number of benzene rings is 1. The average Bonchev–Trinajstić information content (AvgIpc) is 2.41. The maximum atomic E-state index is 12.4. The highest BCUT2D eigenvalue weighted by molar-refractivity contribution is 6.33. The summed E-state index contributed by atoms with van der Waals surface area (Å²) in [6.45, 7) is 1.95. The molecule has 1 aromatic heterocycles. The smallest absolute Gasteiger partial charge is 0.165 e. The Morgan fingerprint density at radius 3 is 2.80 bits per heavy atom. The molecule has 0 fully saturated rings. The molecule has 1 heterocycles. The second-order valence-corrected chi connectivity index (χ2v) is 5.99. The molecule has 1 aliphatic rings. The minimum atomic E-state index is 0.0514. The van der Waals surface area contributed by atoms with Crippen molar-refractivity contribution in [2.75, 3.05) is 0 Å². The van der Waals surface area contributed by atoms with Gasteiger partial charge >= 0.3 is 0 Å². The Kier molecular flexibility index (Phi) is 3.53. The zero-order valence-corrected chi connectivity index (χ0v) is 12.5. The molecule has 0 aliphatic heterocycles. The zero-order chi connectivity index (χ0) is 14.3. The van der Waals surface area contributed by atoms with Gasteiger partial charge in [-0.15, -0.1) is 0 Å². The lowest BCUT2D eigenvalue weighted by Crippen LogP contribution is -2.21. The summed E-state index contributed by atoms with van der Waals surface area (Å²) >= 11 is 12.3. The highest BCUT2D eigenvalue weighted by Crippen LogP contribution is 2.37. The lowest BCUT2D eigenvalue weighted by atomic mass is 9.80. The van der Waals surface area contributed by atoms with Crippen LogP contribution in [-0.4, -0.2) is 10.8 Å². The molecule has 0 radical (unpaired) electrons. The summed E-state index contributed by atoms with van der Waals surface area (Å²) in [5.74, 6) is 0.188. The molecule has 102 valence electrons. The first-order valence-electron chi connectivity index (χ1n) is 6.49. The van der Waals surface area contributed by atoms with Crippen molar-refractivity contribution < 1.29 is 4.79 Å². The molecular formula is C16H13Cl2NO. The topological polar surface area (TPSA) is 30.0 Å². The number of carbonyl (C=O) groups is 1. The lowest BCUT2D eigenvalue weighted by molar-refractivity contribution is 0.0962. The highest BCUT2D eigenvalue weighted by Gasteiger charge is 2.29. The fourth-order valence-electron chi connectivity index (χ4n) is 2.83. The number of nitrogens with zero attached hydrogens (tertiary/aromatic N) is 1. The van der Waals surface area contributed by atoms with Gasteiger partial charge in [0, 0.05) is 28.2 Å². The van der Waals surface area contributed by atoms with Crippen molar-refractivity contribution in [2.45, 2.75) is 25.7 Å². The molecule has 0 spiro atoms. The van der Waals surface area contributed by atoms with Crippen LogP contribution in [0.15, 0.2) is 30.5 Å². The van der Waals surface area contributed by atoms with Crippen LogP contribution >= 0.6 is 23.2 Å². The van der Waals surface area contributed by atoms with Crippen molar-refractivity contribution in [3.8, 4) is 0 Å². The minimum Gasteiger partial charge on any atom is -0.294 e. The van der Waals surface area contributed by atoms with E-state index in [1.165, 1.54) is 0 Å². The molecule has 0 saturated heterocycles. The molecule has 4 heteroatoms. The second-order valence-electron chi connectivity index (χ2n) is 5.14. The normalized spacial score (nSPS) is 17.9. The van der Waals surface area contributed by atoms with Gasteiger partial charge in [-0.3, -0.25) is 9.78 Å². The third kappa shape index (κ3) is 2.34. The van der Waals surface area contributed by atoms with E-state index in [1.807, 2.05) is 19.1 Å². The van der Waals surface area contributed by atoms with Crippen LogP contribution < -0.4 is 0 Å². The van der Waals surface area contributed by atoms with Gasteiger partial charge in [0.25, 0.3) is 0 Å². The van der Waals surface area contributed by atoms with E-state index in [0.29, 0.717) is 16.5 Å². The summed E-state index contributed by atoms with van der Waals surface area (Å²) in [6, 6.07) is 7.27. The summed E-state index contributed by atoms with van der Waals surface area (Å²) < 4.78 is 0. The maximum Gasteiger partial charge on any atom is 0.165 e. The van der Waals surface area contributed by atoms with E-state index in [4.69, 9.17) is 23.2 Å². The van der Waals surface area contributed by atoms with E-state index < -0.39 is 0 Å². The summed E-state index contributed by atoms with van der Waals surface area (Å²) in [6.07, 6.45) is 2.94. The summed E-state index contributed by atoms with van der Waals surface area (Å²) in [4.78, 5) is 16.7. The Morgan fingerprint density at radius 1 is 1.20 bits per heavy atom. The Morgan fingerprint density at radius 2 is 2.00 bits per heavy atom. The molecule has 3 rings (SSSR count). The van der Waals surface area contributed by atoms with Gasteiger partial charge < -0.3 is 0 Å². The molecule has 1 aromatic carbocycles. The van der Waals surface area contributed by atoms with Crippen LogP contribution in [0.3, 0.4) is 0 Å². The first-order chi connectivity index (χ1) is 9.56. The number of rotatable bonds is 1. The van der Waals surface area contributed by atoms with Gasteiger partial charge in [0.15, 0.2) is 5.78 Å². The maximum absolute atomic E-state index is 12.4. The van der Waals surface area contributed by atoms with E-state index in [1.54, 1.807) is 18.3 Å². The number of aryl methyl sites for hydroxylation is 1. The monoisotopic (exact) mass is 305 g/mol. The molecule has 0 unspecified atom stereocenters. The second kappa shape index (κ2) is 5.19. The number of carbonyl (C=O) groups excluding carboxylic acids is 1. The number of halogens is 2. The molecule has 2 aromatic rings. The number of ketones is 1. The van der Waals surface area contributed by atoms with Crippen molar-refractivity contribution in [3.05, 3.63) is 62.9 Å². The van der Waals surface area contributed by atoms with E-state index in [2.05, 4.69) is 4.98 Å². The van der Waals surface area contributed by atoms with Crippen LogP contribution in [0, 0.1) is 6.92 Å². The van der Waals surface area contributed by atoms with Gasteiger partial charge in [0.05, 0.1) is 5.69 Å². The molecule has 1 aliphatic carbocycles. The summed E-state index contributed by atoms with van der Waals surface area (Å²) in [5.41, 5.74) is 3.57. The van der Waals surface area contributed by atoms with Crippen molar-refractivity contribution in [3.63, 3.8) is 0 Å². The van der Waals surface area contributed by atoms with Gasteiger partial charge in [-0.2, -0.15) is 0 Å². The zero-order valence-electron chi connectivity index (χ0n) is 11.0. The first kappa shape index (κ1) is 13.6. The number of hydrogen-bond acceptors (Lipinski definition) is 2. The van der Waals surface area contributed by atoms with E-state index in [0.717, 1.165) is 28.8 Å². The van der Waals surface area contributed by atoms with Gasteiger partial charge in [-0.05, 0) is 54.7 Å². The fourth-order valence-corrected chi connectivity index (χ4v) is 3.28. The largest absolute Gasteiger partial charge is 0.294 e. The molecule has 2 nitrogen and oxygen atoms in total. The SMILES string of the molecule is Cc1ccnc2c1C(=O)C[C@@H](c1cc(Cl)ccc1Cl)C2. The lowest BCUT2D eigenvalue weighted by Gasteiger charge is -2.25. The van der Waals surface area contributed by atoms with E-state index in [-0.39, 0.29) is 11.7 Å². The fraction of sp³-hybridized carbons (Fsp3) is 0.250. The summed E-state index contributed by atoms with van der Waals surface area (Å²) in [5, 5.41) is 1.29. The number of hydrogen-bond donors (Lipinski definition) is 0. The Hall–Kier alpha value is -1.38. The Balaban J connectivity index is 2.04.